The summed E-state index contributed by atoms with van der Waals surface area (Å²) in [6.07, 6.45) is 0. The van der Waals surface area contributed by atoms with Crippen LogP contribution in [-0.4, -0.2) is 18.6 Å². The lowest BCUT2D eigenvalue weighted by molar-refractivity contribution is 0.372. The van der Waals surface area contributed by atoms with Gasteiger partial charge < -0.3 is 10.3 Å². The Hall–Kier alpha value is -1.29. The molecule has 0 amide bonds. The Morgan fingerprint density at radius 2 is 2.33 bits per heavy atom. The van der Waals surface area contributed by atoms with Crippen LogP contribution in [0.25, 0.3) is 0 Å². The monoisotopic (exact) mass is 288 g/mol. The van der Waals surface area contributed by atoms with Crippen LogP contribution >= 0.6 is 11.3 Å². The average molecular weight is 288 g/mol. The van der Waals surface area contributed by atoms with Gasteiger partial charge in [0.05, 0.1) is 11.4 Å². The maximum absolute atomic E-state index is 11.9. The lowest BCUT2D eigenvalue weighted by Gasteiger charge is -2.01. The van der Waals surface area contributed by atoms with E-state index in [1.807, 2.05) is 0 Å². The van der Waals surface area contributed by atoms with E-state index in [-0.39, 0.29) is 17.3 Å². The van der Waals surface area contributed by atoms with Gasteiger partial charge in [0.25, 0.3) is 0 Å². The van der Waals surface area contributed by atoms with Crippen LogP contribution in [0.2, 0.25) is 0 Å². The van der Waals surface area contributed by atoms with Crippen molar-refractivity contribution in [2.75, 3.05) is 0 Å². The zero-order valence-electron chi connectivity index (χ0n) is 9.58. The highest BCUT2D eigenvalue weighted by atomic mass is 32.2. The first kappa shape index (κ1) is 13.1. The fourth-order valence-corrected chi connectivity index (χ4v) is 3.39. The van der Waals surface area contributed by atoms with Crippen LogP contribution in [0.3, 0.4) is 0 Å². The number of rotatable bonds is 5. The molecule has 0 spiro atoms. The molecule has 0 bridgehead atoms. The van der Waals surface area contributed by atoms with Crippen LogP contribution in [0.15, 0.2) is 20.9 Å². The molecule has 0 aliphatic rings. The molecule has 0 aromatic carbocycles. The van der Waals surface area contributed by atoms with Gasteiger partial charge in [-0.2, -0.15) is 4.98 Å². The van der Waals surface area contributed by atoms with Gasteiger partial charge >= 0.3 is 0 Å². The lowest BCUT2D eigenvalue weighted by atomic mass is 10.5. The Bertz CT molecular complexity index is 632. The molecule has 2 aromatic rings. The normalized spacial score (nSPS) is 11.9. The van der Waals surface area contributed by atoms with E-state index < -0.39 is 10.0 Å². The zero-order chi connectivity index (χ0) is 13.2. The average Bonchev–Trinajstić information content (AvgIpc) is 2.95. The van der Waals surface area contributed by atoms with E-state index in [0.717, 1.165) is 4.88 Å². The number of hydrogen-bond acceptors (Lipinski definition) is 7. The summed E-state index contributed by atoms with van der Waals surface area (Å²) >= 11 is 1.31. The second-order valence-electron chi connectivity index (χ2n) is 3.51. The molecule has 0 atom stereocenters. The number of nitrogens with zero attached hydrogens (tertiary/aromatic N) is 2. The standard InChI is InChI=1S/C9H12N4O3S2/c1-6-12-9(16-13-6)4-11-18(14,15)8-2-7(3-10)17-5-8/h2,5,11H,3-4,10H2,1H3. The Morgan fingerprint density at radius 3 is 2.89 bits per heavy atom. The Kier molecular flexibility index (Phi) is 3.76. The van der Waals surface area contributed by atoms with E-state index in [4.69, 9.17) is 10.3 Å². The maximum Gasteiger partial charge on any atom is 0.241 e. The second-order valence-corrected chi connectivity index (χ2v) is 6.28. The van der Waals surface area contributed by atoms with E-state index in [0.29, 0.717) is 12.4 Å². The highest BCUT2D eigenvalue weighted by Gasteiger charge is 2.17. The summed E-state index contributed by atoms with van der Waals surface area (Å²) in [5, 5.41) is 5.12. The van der Waals surface area contributed by atoms with Crippen LogP contribution in [0.4, 0.5) is 0 Å². The highest BCUT2D eigenvalue weighted by Crippen LogP contribution is 2.18. The first-order valence-electron chi connectivity index (χ1n) is 5.07. The van der Waals surface area contributed by atoms with Crippen LogP contribution < -0.4 is 10.5 Å². The van der Waals surface area contributed by atoms with Crippen molar-refractivity contribution >= 4 is 21.4 Å². The summed E-state index contributed by atoms with van der Waals surface area (Å²) in [4.78, 5) is 4.91. The number of sulfonamides is 1. The minimum Gasteiger partial charge on any atom is -0.338 e. The van der Waals surface area contributed by atoms with Gasteiger partial charge in [0.2, 0.25) is 15.9 Å². The summed E-state index contributed by atoms with van der Waals surface area (Å²) in [5.41, 5.74) is 5.44. The molecule has 0 aliphatic heterocycles. The molecule has 0 saturated carbocycles. The van der Waals surface area contributed by atoms with Crippen molar-refractivity contribution < 1.29 is 12.9 Å². The molecule has 2 aromatic heterocycles. The number of nitrogens with two attached hydrogens (primary N) is 1. The van der Waals surface area contributed by atoms with Crippen molar-refractivity contribution in [2.24, 2.45) is 5.73 Å². The summed E-state index contributed by atoms with van der Waals surface area (Å²) < 4.78 is 31.0. The van der Waals surface area contributed by atoms with Gasteiger partial charge in [-0.3, -0.25) is 0 Å². The maximum atomic E-state index is 11.9. The minimum atomic E-state index is -3.56. The van der Waals surface area contributed by atoms with Crippen LogP contribution in [0, 0.1) is 6.92 Å². The summed E-state index contributed by atoms with van der Waals surface area (Å²) in [5.74, 6) is 0.690. The van der Waals surface area contributed by atoms with E-state index in [2.05, 4.69) is 14.9 Å². The molecule has 0 unspecified atom stereocenters. The SMILES string of the molecule is Cc1noc(CNS(=O)(=O)c2csc(CN)c2)n1. The van der Waals surface area contributed by atoms with E-state index in [9.17, 15) is 8.42 Å². The van der Waals surface area contributed by atoms with Crippen LogP contribution in [0.1, 0.15) is 16.6 Å². The minimum absolute atomic E-state index is 0.0308. The Labute approximate surface area is 108 Å². The third-order valence-electron chi connectivity index (χ3n) is 2.12. The van der Waals surface area contributed by atoms with Gasteiger partial charge in [-0.25, -0.2) is 13.1 Å². The molecule has 2 heterocycles. The van der Waals surface area contributed by atoms with Gasteiger partial charge in [0.1, 0.15) is 0 Å². The van der Waals surface area contributed by atoms with E-state index in [1.165, 1.54) is 11.3 Å². The molecule has 7 nitrogen and oxygen atoms in total. The van der Waals surface area contributed by atoms with Crippen LogP contribution in [0.5, 0.6) is 0 Å². The molecule has 2 rings (SSSR count). The number of thiophene rings is 1. The largest absolute Gasteiger partial charge is 0.338 e. The molecule has 0 fully saturated rings. The number of aryl methyl sites for hydroxylation is 1. The van der Waals surface area contributed by atoms with E-state index >= 15 is 0 Å². The lowest BCUT2D eigenvalue weighted by Crippen LogP contribution is -2.23. The molecule has 0 saturated heterocycles. The fraction of sp³-hybridized carbons (Fsp3) is 0.333. The summed E-state index contributed by atoms with van der Waals surface area (Å²) in [6.45, 7) is 1.95. The molecule has 0 radical (unpaired) electrons. The second kappa shape index (κ2) is 5.14. The van der Waals surface area contributed by atoms with E-state index in [1.54, 1.807) is 18.4 Å². The van der Waals surface area contributed by atoms with Crippen molar-refractivity contribution in [1.82, 2.24) is 14.9 Å². The summed E-state index contributed by atoms with van der Waals surface area (Å²) in [7, 11) is -3.56. The number of nitrogens with one attached hydrogen (secondary N) is 1. The first-order valence-corrected chi connectivity index (χ1v) is 7.44. The highest BCUT2D eigenvalue weighted by molar-refractivity contribution is 7.89. The van der Waals surface area contributed by atoms with Crippen LogP contribution in [-0.2, 0) is 23.1 Å². The molecule has 9 heteroatoms. The molecular weight excluding hydrogens is 276 g/mol. The first-order chi connectivity index (χ1) is 8.51. The van der Waals surface area contributed by atoms with Gasteiger partial charge in [-0.05, 0) is 13.0 Å². The third-order valence-corrected chi connectivity index (χ3v) is 4.61. The van der Waals surface area contributed by atoms with Crippen molar-refractivity contribution in [2.45, 2.75) is 24.9 Å². The van der Waals surface area contributed by atoms with Gasteiger partial charge in [-0.1, -0.05) is 5.16 Å². The van der Waals surface area contributed by atoms with Gasteiger partial charge in [-0.15, -0.1) is 11.3 Å². The Morgan fingerprint density at radius 1 is 1.56 bits per heavy atom. The fourth-order valence-electron chi connectivity index (χ4n) is 1.26. The van der Waals surface area contributed by atoms with Crippen molar-refractivity contribution in [3.8, 4) is 0 Å². The molecule has 98 valence electrons. The molecular formula is C9H12N4O3S2. The van der Waals surface area contributed by atoms with Gasteiger partial charge in [0, 0.05) is 16.8 Å². The predicted octanol–water partition coefficient (Wildman–Crippen LogP) is 0.377. The molecule has 0 aliphatic carbocycles. The third kappa shape index (κ3) is 2.93. The quantitative estimate of drug-likeness (QED) is 0.822. The van der Waals surface area contributed by atoms with Crippen molar-refractivity contribution in [3.63, 3.8) is 0 Å². The topological polar surface area (TPSA) is 111 Å². The molecule has 18 heavy (non-hydrogen) atoms. The number of aromatic nitrogens is 2. The van der Waals surface area contributed by atoms with Crippen molar-refractivity contribution in [3.05, 3.63) is 28.0 Å². The zero-order valence-corrected chi connectivity index (χ0v) is 11.2. The Balaban J connectivity index is 2.07. The smallest absolute Gasteiger partial charge is 0.241 e. The summed E-state index contributed by atoms with van der Waals surface area (Å²) in [6, 6.07) is 1.55. The van der Waals surface area contributed by atoms with Crippen molar-refractivity contribution in [1.29, 1.82) is 0 Å². The number of hydrogen-bond donors (Lipinski definition) is 2. The predicted molar refractivity (Wildman–Crippen MR) is 65.3 cm³/mol. The molecule has 3 N–H and O–H groups in total. The van der Waals surface area contributed by atoms with Gasteiger partial charge in [0.15, 0.2) is 5.82 Å².